The highest BCUT2D eigenvalue weighted by molar-refractivity contribution is 7.99. The van der Waals surface area contributed by atoms with Gasteiger partial charge in [0.1, 0.15) is 0 Å². The Labute approximate surface area is 113 Å². The van der Waals surface area contributed by atoms with Crippen LogP contribution in [0.25, 0.3) is 0 Å². The molecule has 0 amide bonds. The quantitative estimate of drug-likeness (QED) is 0.850. The number of aliphatic hydroxyl groups is 1. The standard InChI is InChI=1S/C12H11ClN2O2S/c1-7(16)8-2-3-10(9(13)6-8)18-12-14-5-4-11(17)15-12/h2-7,16H,1H3,(H,14,15,17)/t7-/m1/s1. The van der Waals surface area contributed by atoms with Crippen molar-refractivity contribution in [1.82, 2.24) is 9.97 Å². The lowest BCUT2D eigenvalue weighted by Gasteiger charge is -2.08. The Morgan fingerprint density at radius 1 is 1.44 bits per heavy atom. The normalized spacial score (nSPS) is 12.4. The van der Waals surface area contributed by atoms with E-state index in [-0.39, 0.29) is 5.56 Å². The van der Waals surface area contributed by atoms with Gasteiger partial charge >= 0.3 is 0 Å². The molecule has 2 rings (SSSR count). The van der Waals surface area contributed by atoms with E-state index in [0.717, 1.165) is 10.5 Å². The Kier molecular flexibility index (Phi) is 4.06. The van der Waals surface area contributed by atoms with Crippen LogP contribution < -0.4 is 5.56 Å². The van der Waals surface area contributed by atoms with E-state index in [9.17, 15) is 9.90 Å². The van der Waals surface area contributed by atoms with Crippen LogP contribution in [0.5, 0.6) is 0 Å². The van der Waals surface area contributed by atoms with Crippen LogP contribution in [0.15, 0.2) is 45.3 Å². The van der Waals surface area contributed by atoms with E-state index in [4.69, 9.17) is 11.6 Å². The van der Waals surface area contributed by atoms with Crippen LogP contribution in [-0.2, 0) is 0 Å². The second-order valence-electron chi connectivity index (χ2n) is 3.71. The Morgan fingerprint density at radius 3 is 2.83 bits per heavy atom. The molecule has 0 radical (unpaired) electrons. The van der Waals surface area contributed by atoms with Crippen molar-refractivity contribution in [3.05, 3.63) is 51.4 Å². The van der Waals surface area contributed by atoms with E-state index in [1.54, 1.807) is 25.1 Å². The summed E-state index contributed by atoms with van der Waals surface area (Å²) in [6.07, 6.45) is 0.885. The highest BCUT2D eigenvalue weighted by Crippen LogP contribution is 2.32. The fourth-order valence-electron chi connectivity index (χ4n) is 1.37. The summed E-state index contributed by atoms with van der Waals surface area (Å²) in [6, 6.07) is 6.64. The van der Waals surface area contributed by atoms with Crippen molar-refractivity contribution < 1.29 is 5.11 Å². The fraction of sp³-hybridized carbons (Fsp3) is 0.167. The van der Waals surface area contributed by atoms with E-state index in [2.05, 4.69) is 9.97 Å². The van der Waals surface area contributed by atoms with Crippen molar-refractivity contribution in [2.75, 3.05) is 0 Å². The van der Waals surface area contributed by atoms with Gasteiger partial charge in [0.2, 0.25) is 0 Å². The first-order valence-electron chi connectivity index (χ1n) is 5.27. The number of nitrogens with zero attached hydrogens (tertiary/aromatic N) is 1. The van der Waals surface area contributed by atoms with Crippen LogP contribution >= 0.6 is 23.4 Å². The van der Waals surface area contributed by atoms with E-state index in [0.29, 0.717) is 10.2 Å². The molecule has 1 aromatic heterocycles. The third-order valence-corrected chi connectivity index (χ3v) is 3.69. The first-order valence-corrected chi connectivity index (χ1v) is 6.46. The average Bonchev–Trinajstić information content (AvgIpc) is 2.31. The molecule has 1 aromatic carbocycles. The second kappa shape index (κ2) is 5.56. The van der Waals surface area contributed by atoms with Crippen molar-refractivity contribution in [3.8, 4) is 0 Å². The van der Waals surface area contributed by atoms with Gasteiger partial charge in [-0.3, -0.25) is 4.79 Å². The van der Waals surface area contributed by atoms with Crippen molar-refractivity contribution in [3.63, 3.8) is 0 Å². The van der Waals surface area contributed by atoms with Crippen molar-refractivity contribution in [2.45, 2.75) is 23.1 Å². The molecule has 0 fully saturated rings. The molecule has 0 saturated carbocycles. The Morgan fingerprint density at radius 2 is 2.22 bits per heavy atom. The first kappa shape index (κ1) is 13.1. The summed E-state index contributed by atoms with van der Waals surface area (Å²) < 4.78 is 0. The van der Waals surface area contributed by atoms with Crippen molar-refractivity contribution in [2.24, 2.45) is 0 Å². The summed E-state index contributed by atoms with van der Waals surface area (Å²) in [6.45, 7) is 1.68. The van der Waals surface area contributed by atoms with E-state index in [1.807, 2.05) is 0 Å². The maximum atomic E-state index is 11.1. The van der Waals surface area contributed by atoms with Gasteiger partial charge in [-0.2, -0.15) is 0 Å². The highest BCUT2D eigenvalue weighted by atomic mass is 35.5. The monoisotopic (exact) mass is 282 g/mol. The Bertz CT molecular complexity index is 613. The van der Waals surface area contributed by atoms with Gasteiger partial charge in [0, 0.05) is 17.2 Å². The Balaban J connectivity index is 2.27. The van der Waals surface area contributed by atoms with Gasteiger partial charge in [0.25, 0.3) is 5.56 Å². The molecule has 0 aliphatic carbocycles. The number of hydrogen-bond acceptors (Lipinski definition) is 4. The first-order chi connectivity index (χ1) is 8.56. The number of aromatic amines is 1. The van der Waals surface area contributed by atoms with Gasteiger partial charge in [-0.05, 0) is 24.6 Å². The molecule has 0 spiro atoms. The molecular formula is C12H11ClN2O2S. The minimum absolute atomic E-state index is 0.204. The van der Waals surface area contributed by atoms with Gasteiger partial charge in [-0.25, -0.2) is 4.98 Å². The molecule has 0 saturated heterocycles. The zero-order chi connectivity index (χ0) is 13.1. The van der Waals surface area contributed by atoms with E-state index >= 15 is 0 Å². The van der Waals surface area contributed by atoms with Crippen LogP contribution in [-0.4, -0.2) is 15.1 Å². The molecular weight excluding hydrogens is 272 g/mol. The third-order valence-electron chi connectivity index (χ3n) is 2.29. The van der Waals surface area contributed by atoms with Gasteiger partial charge in [-0.1, -0.05) is 29.4 Å². The van der Waals surface area contributed by atoms with Gasteiger partial charge in [0.05, 0.1) is 11.1 Å². The molecule has 1 heterocycles. The SMILES string of the molecule is C[C@@H](O)c1ccc(Sc2nccc(=O)[nH]2)c(Cl)c1. The molecule has 2 N–H and O–H groups in total. The number of hydrogen-bond donors (Lipinski definition) is 2. The van der Waals surface area contributed by atoms with Gasteiger partial charge in [-0.15, -0.1) is 0 Å². The molecule has 4 nitrogen and oxygen atoms in total. The highest BCUT2D eigenvalue weighted by Gasteiger charge is 2.08. The van der Waals surface area contributed by atoms with Crippen LogP contribution in [0.2, 0.25) is 5.02 Å². The summed E-state index contributed by atoms with van der Waals surface area (Å²) >= 11 is 7.38. The lowest BCUT2D eigenvalue weighted by atomic mass is 10.1. The molecule has 6 heteroatoms. The van der Waals surface area contributed by atoms with Crippen LogP contribution in [0, 0.1) is 0 Å². The summed E-state index contributed by atoms with van der Waals surface area (Å²) in [5.41, 5.74) is 0.545. The fourth-order valence-corrected chi connectivity index (χ4v) is 2.44. The second-order valence-corrected chi connectivity index (χ2v) is 5.14. The molecule has 2 aromatic rings. The molecule has 0 aliphatic rings. The molecule has 1 atom stereocenters. The average molecular weight is 283 g/mol. The molecule has 94 valence electrons. The number of aromatic nitrogens is 2. The minimum atomic E-state index is -0.559. The number of benzene rings is 1. The molecule has 0 bridgehead atoms. The Hall–Kier alpha value is -1.30. The van der Waals surface area contributed by atoms with Crippen LogP contribution in [0.3, 0.4) is 0 Å². The molecule has 0 aliphatic heterocycles. The topological polar surface area (TPSA) is 66.0 Å². The smallest absolute Gasteiger partial charge is 0.251 e. The maximum absolute atomic E-state index is 11.1. The largest absolute Gasteiger partial charge is 0.389 e. The predicted octanol–water partition coefficient (Wildman–Crippen LogP) is 2.63. The van der Waals surface area contributed by atoms with E-state index in [1.165, 1.54) is 24.0 Å². The van der Waals surface area contributed by atoms with Crippen molar-refractivity contribution >= 4 is 23.4 Å². The summed E-state index contributed by atoms with van der Waals surface area (Å²) in [4.78, 5) is 18.5. The summed E-state index contributed by atoms with van der Waals surface area (Å²) in [5.74, 6) is 0. The summed E-state index contributed by atoms with van der Waals surface area (Å²) in [5, 5.41) is 10.4. The lowest BCUT2D eigenvalue weighted by molar-refractivity contribution is 0.199. The van der Waals surface area contributed by atoms with E-state index < -0.39 is 6.10 Å². The molecule has 18 heavy (non-hydrogen) atoms. The lowest BCUT2D eigenvalue weighted by Crippen LogP contribution is -2.05. The molecule has 0 unspecified atom stereocenters. The number of rotatable bonds is 3. The summed E-state index contributed by atoms with van der Waals surface area (Å²) in [7, 11) is 0. The number of halogens is 1. The maximum Gasteiger partial charge on any atom is 0.251 e. The number of H-pyrrole nitrogens is 1. The van der Waals surface area contributed by atoms with Crippen LogP contribution in [0.1, 0.15) is 18.6 Å². The third kappa shape index (κ3) is 3.13. The predicted molar refractivity (Wildman–Crippen MR) is 71.1 cm³/mol. The number of aliphatic hydroxyl groups excluding tert-OH is 1. The zero-order valence-electron chi connectivity index (χ0n) is 9.55. The minimum Gasteiger partial charge on any atom is -0.389 e. The zero-order valence-corrected chi connectivity index (χ0v) is 11.1. The van der Waals surface area contributed by atoms with Gasteiger partial charge in [0.15, 0.2) is 5.16 Å². The van der Waals surface area contributed by atoms with Crippen LogP contribution in [0.4, 0.5) is 0 Å². The number of nitrogens with one attached hydrogen (secondary N) is 1. The van der Waals surface area contributed by atoms with Crippen molar-refractivity contribution in [1.29, 1.82) is 0 Å². The van der Waals surface area contributed by atoms with Gasteiger partial charge < -0.3 is 10.1 Å².